The molecule has 7 heteroatoms. The number of nitrogens with one attached hydrogen (secondary N) is 1. The zero-order valence-electron chi connectivity index (χ0n) is 15.2. The van der Waals surface area contributed by atoms with Gasteiger partial charge in [-0.15, -0.1) is 0 Å². The molecule has 4 aromatic rings. The molecule has 6 nitrogen and oxygen atoms in total. The highest BCUT2D eigenvalue weighted by Gasteiger charge is 2.17. The van der Waals surface area contributed by atoms with Crippen LogP contribution < -0.4 is 10.9 Å². The second-order valence-corrected chi connectivity index (χ2v) is 7.30. The lowest BCUT2D eigenvalue weighted by Crippen LogP contribution is -2.32. The Morgan fingerprint density at radius 3 is 2.75 bits per heavy atom. The molecule has 0 aliphatic heterocycles. The molecule has 0 spiro atoms. The molecular formula is C21H20N4O2S. The second-order valence-electron chi connectivity index (χ2n) is 6.52. The van der Waals surface area contributed by atoms with E-state index in [1.165, 1.54) is 10.9 Å². The van der Waals surface area contributed by atoms with Crippen LogP contribution in [0.5, 0.6) is 0 Å². The van der Waals surface area contributed by atoms with Crippen LogP contribution >= 0.6 is 11.3 Å². The van der Waals surface area contributed by atoms with Crippen molar-refractivity contribution in [1.82, 2.24) is 19.4 Å². The van der Waals surface area contributed by atoms with E-state index in [1.54, 1.807) is 17.4 Å². The molecule has 1 amide bonds. The lowest BCUT2D eigenvalue weighted by molar-refractivity contribution is -0.121. The minimum Gasteiger partial charge on any atom is -0.354 e. The van der Waals surface area contributed by atoms with E-state index >= 15 is 0 Å². The van der Waals surface area contributed by atoms with Gasteiger partial charge in [-0.25, -0.2) is 4.98 Å². The predicted octanol–water partition coefficient (Wildman–Crippen LogP) is 3.06. The number of aromatic nitrogens is 3. The molecule has 1 N–H and O–H groups in total. The van der Waals surface area contributed by atoms with Crippen molar-refractivity contribution in [2.45, 2.75) is 19.0 Å². The van der Waals surface area contributed by atoms with Gasteiger partial charge in [-0.05, 0) is 46.7 Å². The third-order valence-electron chi connectivity index (χ3n) is 4.70. The van der Waals surface area contributed by atoms with Gasteiger partial charge in [0, 0.05) is 25.5 Å². The number of para-hydroxylation sites is 1. The van der Waals surface area contributed by atoms with E-state index in [9.17, 15) is 9.59 Å². The molecule has 0 radical (unpaired) electrons. The Labute approximate surface area is 166 Å². The normalized spacial score (nSPS) is 12.1. The van der Waals surface area contributed by atoms with E-state index in [2.05, 4.69) is 15.7 Å². The van der Waals surface area contributed by atoms with Crippen LogP contribution in [0.25, 0.3) is 10.9 Å². The molecule has 3 aromatic heterocycles. The second kappa shape index (κ2) is 8.22. The van der Waals surface area contributed by atoms with Crippen molar-refractivity contribution in [1.29, 1.82) is 0 Å². The Bertz CT molecular complexity index is 1080. The molecule has 28 heavy (non-hydrogen) atoms. The summed E-state index contributed by atoms with van der Waals surface area (Å²) in [5.41, 5.74) is 1.70. The molecule has 0 saturated carbocycles. The van der Waals surface area contributed by atoms with Crippen molar-refractivity contribution in [3.05, 3.63) is 87.9 Å². The molecule has 1 aromatic carbocycles. The summed E-state index contributed by atoms with van der Waals surface area (Å²) in [5.74, 6) is -0.0494. The predicted molar refractivity (Wildman–Crippen MR) is 111 cm³/mol. The maximum Gasteiger partial charge on any atom is 0.261 e. The molecule has 0 aliphatic carbocycles. The van der Waals surface area contributed by atoms with E-state index in [0.29, 0.717) is 30.4 Å². The average molecular weight is 392 g/mol. The zero-order chi connectivity index (χ0) is 19.3. The highest BCUT2D eigenvalue weighted by Crippen LogP contribution is 2.24. The molecule has 4 rings (SSSR count). The molecular weight excluding hydrogens is 372 g/mol. The van der Waals surface area contributed by atoms with Gasteiger partial charge in [-0.1, -0.05) is 12.1 Å². The lowest BCUT2D eigenvalue weighted by atomic mass is 10.1. The van der Waals surface area contributed by atoms with Crippen molar-refractivity contribution in [2.75, 3.05) is 6.54 Å². The van der Waals surface area contributed by atoms with Crippen LogP contribution in [0.1, 0.15) is 18.0 Å². The first-order chi connectivity index (χ1) is 13.7. The van der Waals surface area contributed by atoms with E-state index in [-0.39, 0.29) is 17.5 Å². The fraction of sp³-hybridized carbons (Fsp3) is 0.190. The highest BCUT2D eigenvalue weighted by atomic mass is 32.1. The quantitative estimate of drug-likeness (QED) is 0.526. The largest absolute Gasteiger partial charge is 0.354 e. The number of carbonyl (C=O) groups is 1. The number of thiophene rings is 1. The smallest absolute Gasteiger partial charge is 0.261 e. The fourth-order valence-electron chi connectivity index (χ4n) is 3.24. The third kappa shape index (κ3) is 3.89. The van der Waals surface area contributed by atoms with Gasteiger partial charge >= 0.3 is 0 Å². The Balaban J connectivity index is 1.39. The van der Waals surface area contributed by atoms with E-state index in [1.807, 2.05) is 58.7 Å². The first-order valence-corrected chi connectivity index (χ1v) is 10.0. The van der Waals surface area contributed by atoms with Gasteiger partial charge in [0.15, 0.2) is 0 Å². The van der Waals surface area contributed by atoms with Gasteiger partial charge < -0.3 is 9.88 Å². The number of fused-ring (bicyclic) bond motifs is 1. The van der Waals surface area contributed by atoms with Gasteiger partial charge in [0.2, 0.25) is 5.91 Å². The Morgan fingerprint density at radius 1 is 1.14 bits per heavy atom. The van der Waals surface area contributed by atoms with Gasteiger partial charge in [-0.3, -0.25) is 14.2 Å². The number of benzene rings is 1. The van der Waals surface area contributed by atoms with E-state index in [4.69, 9.17) is 0 Å². The number of amides is 1. The number of carbonyl (C=O) groups excluding carboxylic acids is 1. The van der Waals surface area contributed by atoms with Crippen molar-refractivity contribution in [3.63, 3.8) is 0 Å². The van der Waals surface area contributed by atoms with Gasteiger partial charge in [-0.2, -0.15) is 11.3 Å². The first-order valence-electron chi connectivity index (χ1n) is 9.08. The minimum absolute atomic E-state index is 0.0358. The monoisotopic (exact) mass is 392 g/mol. The van der Waals surface area contributed by atoms with E-state index < -0.39 is 0 Å². The molecule has 142 valence electrons. The summed E-state index contributed by atoms with van der Waals surface area (Å²) in [7, 11) is 0. The number of hydrogen-bond donors (Lipinski definition) is 1. The molecule has 0 fully saturated rings. The van der Waals surface area contributed by atoms with Crippen molar-refractivity contribution >= 4 is 28.1 Å². The maximum atomic E-state index is 12.5. The summed E-state index contributed by atoms with van der Waals surface area (Å²) >= 11 is 1.62. The van der Waals surface area contributed by atoms with Crippen LogP contribution in [-0.4, -0.2) is 26.6 Å². The first kappa shape index (κ1) is 18.2. The standard InChI is InChI=1S/C21H20N4O2S/c26-20(13-19(16-7-12-28-14-16)24-9-3-4-10-24)22-8-11-25-15-23-18-6-2-1-5-17(18)21(25)27/h1-7,9-10,12,14-15,19H,8,11,13H2,(H,22,26)/t19-/m0/s1. The molecule has 0 saturated heterocycles. The van der Waals surface area contributed by atoms with Crippen LogP contribution in [0.4, 0.5) is 0 Å². The Hall–Kier alpha value is -3.19. The highest BCUT2D eigenvalue weighted by molar-refractivity contribution is 7.08. The fourth-order valence-corrected chi connectivity index (χ4v) is 3.95. The minimum atomic E-state index is -0.0941. The Morgan fingerprint density at radius 2 is 1.96 bits per heavy atom. The summed E-state index contributed by atoms with van der Waals surface area (Å²) in [6.07, 6.45) is 5.81. The third-order valence-corrected chi connectivity index (χ3v) is 5.40. The number of rotatable bonds is 7. The summed E-state index contributed by atoms with van der Waals surface area (Å²) in [5, 5.41) is 7.59. The molecule has 0 bridgehead atoms. The molecule has 0 aliphatic rings. The maximum absolute atomic E-state index is 12.5. The van der Waals surface area contributed by atoms with Crippen molar-refractivity contribution in [3.8, 4) is 0 Å². The molecule has 1 atom stereocenters. The molecule has 0 unspecified atom stereocenters. The number of nitrogens with zero attached hydrogens (tertiary/aromatic N) is 3. The lowest BCUT2D eigenvalue weighted by Gasteiger charge is -2.18. The van der Waals surface area contributed by atoms with Crippen molar-refractivity contribution in [2.24, 2.45) is 0 Å². The SMILES string of the molecule is O=C(C[C@@H](c1ccsc1)n1cccc1)NCCn1cnc2ccccc2c1=O. The summed E-state index contributed by atoms with van der Waals surface area (Å²) in [4.78, 5) is 29.3. The topological polar surface area (TPSA) is 68.9 Å². The van der Waals surface area contributed by atoms with E-state index in [0.717, 1.165) is 5.56 Å². The number of hydrogen-bond acceptors (Lipinski definition) is 4. The Kier molecular flexibility index (Phi) is 5.34. The van der Waals surface area contributed by atoms with Gasteiger partial charge in [0.05, 0.1) is 29.7 Å². The summed E-state index contributed by atoms with van der Waals surface area (Å²) in [6, 6.07) is 13.2. The van der Waals surface area contributed by atoms with Crippen LogP contribution in [0.3, 0.4) is 0 Å². The van der Waals surface area contributed by atoms with Gasteiger partial charge in [0.1, 0.15) is 0 Å². The molecule has 3 heterocycles. The zero-order valence-corrected chi connectivity index (χ0v) is 16.0. The van der Waals surface area contributed by atoms with Crippen LogP contribution in [0.15, 0.2) is 76.7 Å². The summed E-state index contributed by atoms with van der Waals surface area (Å²) < 4.78 is 3.57. The van der Waals surface area contributed by atoms with Crippen LogP contribution in [0, 0.1) is 0 Å². The van der Waals surface area contributed by atoms with Crippen LogP contribution in [0.2, 0.25) is 0 Å². The van der Waals surface area contributed by atoms with Gasteiger partial charge in [0.25, 0.3) is 5.56 Å². The van der Waals surface area contributed by atoms with Crippen molar-refractivity contribution < 1.29 is 4.79 Å². The average Bonchev–Trinajstić information content (AvgIpc) is 3.42. The summed E-state index contributed by atoms with van der Waals surface area (Å²) in [6.45, 7) is 0.760. The van der Waals surface area contributed by atoms with Crippen LogP contribution in [-0.2, 0) is 11.3 Å².